The van der Waals surface area contributed by atoms with Crippen molar-refractivity contribution in [3.05, 3.63) is 53.6 Å². The molecule has 0 heterocycles. The molecule has 0 aliphatic carbocycles. The summed E-state index contributed by atoms with van der Waals surface area (Å²) in [7, 11) is 1.72. The van der Waals surface area contributed by atoms with Crippen molar-refractivity contribution in [1.29, 1.82) is 0 Å². The predicted octanol–water partition coefficient (Wildman–Crippen LogP) is 4.98. The van der Waals surface area contributed by atoms with E-state index in [0.29, 0.717) is 5.75 Å². The van der Waals surface area contributed by atoms with Gasteiger partial charge in [-0.2, -0.15) is 0 Å². The van der Waals surface area contributed by atoms with Crippen LogP contribution in [-0.2, 0) is 17.6 Å². The number of aryl methyl sites for hydroxylation is 1. The topological polar surface area (TPSA) is 29.5 Å². The van der Waals surface area contributed by atoms with Crippen molar-refractivity contribution in [3.8, 4) is 16.9 Å². The second-order valence-corrected chi connectivity index (χ2v) is 5.70. The second-order valence-electron chi connectivity index (χ2n) is 5.70. The van der Waals surface area contributed by atoms with E-state index in [1.165, 1.54) is 5.56 Å². The van der Waals surface area contributed by atoms with Crippen molar-refractivity contribution < 1.29 is 9.84 Å². The third kappa shape index (κ3) is 4.35. The van der Waals surface area contributed by atoms with Gasteiger partial charge in [0.1, 0.15) is 5.75 Å². The second kappa shape index (κ2) is 8.60. The maximum atomic E-state index is 10.5. The van der Waals surface area contributed by atoms with Crippen LogP contribution in [0.25, 0.3) is 11.1 Å². The van der Waals surface area contributed by atoms with Crippen LogP contribution >= 0.6 is 0 Å². The van der Waals surface area contributed by atoms with Crippen LogP contribution in [0.5, 0.6) is 5.75 Å². The Morgan fingerprint density at radius 3 is 2.41 bits per heavy atom. The Hall–Kier alpha value is -1.80. The molecule has 0 saturated carbocycles. The molecule has 1 N–H and O–H groups in total. The van der Waals surface area contributed by atoms with Crippen molar-refractivity contribution in [1.82, 2.24) is 0 Å². The number of phenolic OH excluding ortho intramolecular Hbond substituents is 1. The van der Waals surface area contributed by atoms with Gasteiger partial charge in [-0.15, -0.1) is 0 Å². The summed E-state index contributed by atoms with van der Waals surface area (Å²) >= 11 is 0. The zero-order valence-electron chi connectivity index (χ0n) is 13.6. The molecule has 0 radical (unpaired) electrons. The normalized spacial score (nSPS) is 10.8. The van der Waals surface area contributed by atoms with Crippen LogP contribution in [0.3, 0.4) is 0 Å². The minimum Gasteiger partial charge on any atom is -0.508 e. The highest BCUT2D eigenvalue weighted by Gasteiger charge is 2.11. The van der Waals surface area contributed by atoms with Gasteiger partial charge in [0.25, 0.3) is 0 Å². The van der Waals surface area contributed by atoms with Crippen LogP contribution in [0, 0.1) is 0 Å². The van der Waals surface area contributed by atoms with E-state index in [0.717, 1.165) is 55.4 Å². The Morgan fingerprint density at radius 2 is 1.73 bits per heavy atom. The monoisotopic (exact) mass is 298 g/mol. The van der Waals surface area contributed by atoms with E-state index in [9.17, 15) is 5.11 Å². The van der Waals surface area contributed by atoms with Crippen LogP contribution in [0.2, 0.25) is 0 Å². The first kappa shape index (κ1) is 16.6. The molecule has 2 aromatic carbocycles. The standard InChI is InChI=1S/C20H26O2/c1-3-4-9-17-14-18(16-10-6-5-7-11-16)15-20(21)19(17)12-8-13-22-2/h5-7,10-11,14-15,21H,3-4,8-9,12-13H2,1-2H3. The molecule has 0 aromatic heterocycles. The fraction of sp³-hybridized carbons (Fsp3) is 0.400. The Labute approximate surface area is 133 Å². The minimum absolute atomic E-state index is 0.420. The first-order chi connectivity index (χ1) is 10.8. The van der Waals surface area contributed by atoms with E-state index in [1.807, 2.05) is 24.3 Å². The average molecular weight is 298 g/mol. The molecule has 0 spiro atoms. The number of hydrogen-bond donors (Lipinski definition) is 1. The summed E-state index contributed by atoms with van der Waals surface area (Å²) < 4.78 is 5.14. The fourth-order valence-corrected chi connectivity index (χ4v) is 2.78. The summed E-state index contributed by atoms with van der Waals surface area (Å²) in [5, 5.41) is 10.5. The lowest BCUT2D eigenvalue weighted by Gasteiger charge is -2.14. The van der Waals surface area contributed by atoms with Gasteiger partial charge in [0, 0.05) is 13.7 Å². The Bertz CT molecular complexity index is 576. The highest BCUT2D eigenvalue weighted by atomic mass is 16.5. The van der Waals surface area contributed by atoms with Gasteiger partial charge >= 0.3 is 0 Å². The van der Waals surface area contributed by atoms with Crippen molar-refractivity contribution >= 4 is 0 Å². The molecule has 2 rings (SSSR count). The minimum atomic E-state index is 0.420. The highest BCUT2D eigenvalue weighted by molar-refractivity contribution is 5.67. The van der Waals surface area contributed by atoms with Gasteiger partial charge in [-0.3, -0.25) is 0 Å². The first-order valence-corrected chi connectivity index (χ1v) is 8.15. The summed E-state index contributed by atoms with van der Waals surface area (Å²) in [6.07, 6.45) is 5.14. The summed E-state index contributed by atoms with van der Waals surface area (Å²) in [6.45, 7) is 2.93. The fourth-order valence-electron chi connectivity index (χ4n) is 2.78. The van der Waals surface area contributed by atoms with Gasteiger partial charge < -0.3 is 9.84 Å². The van der Waals surface area contributed by atoms with Crippen LogP contribution in [0.4, 0.5) is 0 Å². The SMILES string of the molecule is CCCCc1cc(-c2ccccc2)cc(O)c1CCCOC. The van der Waals surface area contributed by atoms with E-state index in [2.05, 4.69) is 25.1 Å². The molecule has 0 saturated heterocycles. The predicted molar refractivity (Wildman–Crippen MR) is 92.4 cm³/mol. The van der Waals surface area contributed by atoms with Crippen molar-refractivity contribution in [2.75, 3.05) is 13.7 Å². The van der Waals surface area contributed by atoms with Crippen LogP contribution in [0.1, 0.15) is 37.3 Å². The van der Waals surface area contributed by atoms with Gasteiger partial charge in [0.05, 0.1) is 0 Å². The van der Waals surface area contributed by atoms with Crippen LogP contribution in [0.15, 0.2) is 42.5 Å². The molecule has 118 valence electrons. The third-order valence-corrected chi connectivity index (χ3v) is 4.00. The number of methoxy groups -OCH3 is 1. The van der Waals surface area contributed by atoms with E-state index in [4.69, 9.17) is 4.74 Å². The van der Waals surface area contributed by atoms with E-state index < -0.39 is 0 Å². The molecule has 0 amide bonds. The number of aromatic hydroxyl groups is 1. The number of hydrogen-bond acceptors (Lipinski definition) is 2. The number of ether oxygens (including phenoxy) is 1. The van der Waals surface area contributed by atoms with Crippen molar-refractivity contribution in [3.63, 3.8) is 0 Å². The van der Waals surface area contributed by atoms with Gasteiger partial charge in [0.2, 0.25) is 0 Å². The molecule has 2 nitrogen and oxygen atoms in total. The molecule has 2 heteroatoms. The van der Waals surface area contributed by atoms with E-state index >= 15 is 0 Å². The molecule has 0 fully saturated rings. The first-order valence-electron chi connectivity index (χ1n) is 8.15. The summed E-state index contributed by atoms with van der Waals surface area (Å²) in [5.74, 6) is 0.420. The lowest BCUT2D eigenvalue weighted by atomic mass is 9.93. The third-order valence-electron chi connectivity index (χ3n) is 4.00. The largest absolute Gasteiger partial charge is 0.508 e. The summed E-state index contributed by atoms with van der Waals surface area (Å²) in [6, 6.07) is 14.4. The van der Waals surface area contributed by atoms with Crippen LogP contribution < -0.4 is 0 Å². The van der Waals surface area contributed by atoms with E-state index in [-0.39, 0.29) is 0 Å². The lowest BCUT2D eigenvalue weighted by molar-refractivity contribution is 0.195. The molecular formula is C20H26O2. The van der Waals surface area contributed by atoms with Crippen molar-refractivity contribution in [2.24, 2.45) is 0 Å². The number of unbranched alkanes of at least 4 members (excludes halogenated alkanes) is 1. The summed E-state index contributed by atoms with van der Waals surface area (Å²) in [5.41, 5.74) is 4.61. The number of rotatable bonds is 8. The maximum Gasteiger partial charge on any atom is 0.119 e. The maximum absolute atomic E-state index is 10.5. The molecule has 0 aliphatic heterocycles. The summed E-state index contributed by atoms with van der Waals surface area (Å²) in [4.78, 5) is 0. The zero-order valence-corrected chi connectivity index (χ0v) is 13.6. The molecule has 0 atom stereocenters. The quantitative estimate of drug-likeness (QED) is 0.696. The van der Waals surface area contributed by atoms with Crippen LogP contribution in [-0.4, -0.2) is 18.8 Å². The molecule has 0 bridgehead atoms. The smallest absolute Gasteiger partial charge is 0.119 e. The molecule has 0 aliphatic rings. The Kier molecular flexibility index (Phi) is 6.47. The Balaban J connectivity index is 2.33. The molecule has 0 unspecified atom stereocenters. The van der Waals surface area contributed by atoms with Crippen molar-refractivity contribution in [2.45, 2.75) is 39.0 Å². The van der Waals surface area contributed by atoms with Gasteiger partial charge in [-0.05, 0) is 54.0 Å². The molecule has 2 aromatic rings. The molecular weight excluding hydrogens is 272 g/mol. The zero-order chi connectivity index (χ0) is 15.8. The van der Waals surface area contributed by atoms with Gasteiger partial charge in [0.15, 0.2) is 0 Å². The Morgan fingerprint density at radius 1 is 0.955 bits per heavy atom. The van der Waals surface area contributed by atoms with E-state index in [1.54, 1.807) is 7.11 Å². The number of phenols is 1. The highest BCUT2D eigenvalue weighted by Crippen LogP contribution is 2.31. The van der Waals surface area contributed by atoms with Gasteiger partial charge in [-0.25, -0.2) is 0 Å². The number of benzene rings is 2. The molecule has 22 heavy (non-hydrogen) atoms. The average Bonchev–Trinajstić information content (AvgIpc) is 2.55. The van der Waals surface area contributed by atoms with Gasteiger partial charge in [-0.1, -0.05) is 49.7 Å². The lowest BCUT2D eigenvalue weighted by Crippen LogP contribution is -1.99.